The second kappa shape index (κ2) is 8.21. The Labute approximate surface area is 87.5 Å². The summed E-state index contributed by atoms with van der Waals surface area (Å²) in [6.07, 6.45) is 2.21. The third kappa shape index (κ3) is 7.30. The molecule has 0 heterocycles. The topological polar surface area (TPSA) is 52.5 Å². The summed E-state index contributed by atoms with van der Waals surface area (Å²) in [6, 6.07) is 0.553. The second-order valence-corrected chi connectivity index (χ2v) is 4.32. The molecule has 3 nitrogen and oxygen atoms in total. The first-order valence-electron chi connectivity index (χ1n) is 5.60. The minimum atomic E-state index is -0.530. The number of aliphatic hydroxyl groups excluding tert-OH is 2. The van der Waals surface area contributed by atoms with E-state index in [-0.39, 0.29) is 6.61 Å². The van der Waals surface area contributed by atoms with Gasteiger partial charge >= 0.3 is 0 Å². The lowest BCUT2D eigenvalue weighted by Gasteiger charge is -2.17. The molecule has 0 spiro atoms. The van der Waals surface area contributed by atoms with Crippen LogP contribution < -0.4 is 5.32 Å². The van der Waals surface area contributed by atoms with E-state index in [1.165, 1.54) is 0 Å². The van der Waals surface area contributed by atoms with Gasteiger partial charge in [-0.05, 0) is 38.6 Å². The van der Waals surface area contributed by atoms with E-state index in [0.29, 0.717) is 18.4 Å². The predicted octanol–water partition coefficient (Wildman–Crippen LogP) is 1.14. The van der Waals surface area contributed by atoms with E-state index in [2.05, 4.69) is 26.1 Å². The fraction of sp³-hybridized carbons (Fsp3) is 1.00. The van der Waals surface area contributed by atoms with E-state index in [9.17, 15) is 0 Å². The summed E-state index contributed by atoms with van der Waals surface area (Å²) < 4.78 is 0. The molecule has 0 amide bonds. The van der Waals surface area contributed by atoms with Crippen LogP contribution in [0.4, 0.5) is 0 Å². The lowest BCUT2D eigenvalue weighted by atomic mass is 10.1. The summed E-state index contributed by atoms with van der Waals surface area (Å²) in [5.41, 5.74) is 0. The Bertz CT molecular complexity index is 128. The zero-order valence-electron chi connectivity index (χ0n) is 9.66. The smallest absolute Gasteiger partial charge is 0.0770 e. The standard InChI is InChI=1S/C11H25NO2/c1-9(2)10(3)12-7-5-4-6-11(14)8-13/h9-14H,4-8H2,1-3H3/t10?,11-/m0/s1. The third-order valence-corrected chi connectivity index (χ3v) is 2.64. The zero-order valence-corrected chi connectivity index (χ0v) is 9.66. The lowest BCUT2D eigenvalue weighted by Crippen LogP contribution is -2.31. The van der Waals surface area contributed by atoms with Crippen molar-refractivity contribution in [3.05, 3.63) is 0 Å². The number of rotatable bonds is 8. The zero-order chi connectivity index (χ0) is 11.0. The molecule has 0 aromatic rings. The van der Waals surface area contributed by atoms with Crippen LogP contribution in [-0.4, -0.2) is 35.5 Å². The number of unbranched alkanes of at least 4 members (excludes halogenated alkanes) is 1. The van der Waals surface area contributed by atoms with E-state index in [0.717, 1.165) is 19.4 Å². The van der Waals surface area contributed by atoms with Crippen LogP contribution in [0, 0.1) is 5.92 Å². The molecule has 0 bridgehead atoms. The highest BCUT2D eigenvalue weighted by molar-refractivity contribution is 4.64. The molecular weight excluding hydrogens is 178 g/mol. The van der Waals surface area contributed by atoms with Gasteiger partial charge in [0.25, 0.3) is 0 Å². The van der Waals surface area contributed by atoms with Crippen LogP contribution in [0.5, 0.6) is 0 Å². The van der Waals surface area contributed by atoms with Crippen molar-refractivity contribution in [2.75, 3.05) is 13.2 Å². The van der Waals surface area contributed by atoms with Gasteiger partial charge in [-0.1, -0.05) is 13.8 Å². The van der Waals surface area contributed by atoms with Crippen LogP contribution >= 0.6 is 0 Å². The minimum Gasteiger partial charge on any atom is -0.394 e. The first kappa shape index (κ1) is 13.9. The third-order valence-electron chi connectivity index (χ3n) is 2.64. The van der Waals surface area contributed by atoms with Gasteiger partial charge in [0.05, 0.1) is 12.7 Å². The van der Waals surface area contributed by atoms with Gasteiger partial charge < -0.3 is 15.5 Å². The molecule has 2 atom stereocenters. The maximum Gasteiger partial charge on any atom is 0.0770 e. The number of aliphatic hydroxyl groups is 2. The van der Waals surface area contributed by atoms with Crippen LogP contribution in [0.2, 0.25) is 0 Å². The average Bonchev–Trinajstić information content (AvgIpc) is 2.16. The molecule has 0 aliphatic heterocycles. The van der Waals surface area contributed by atoms with Gasteiger partial charge in [0, 0.05) is 6.04 Å². The summed E-state index contributed by atoms with van der Waals surface area (Å²) >= 11 is 0. The normalized spacial score (nSPS) is 15.9. The summed E-state index contributed by atoms with van der Waals surface area (Å²) in [6.45, 7) is 7.47. The Kier molecular flexibility index (Phi) is 8.14. The largest absolute Gasteiger partial charge is 0.394 e. The van der Waals surface area contributed by atoms with Crippen molar-refractivity contribution in [3.8, 4) is 0 Å². The van der Waals surface area contributed by atoms with Crippen molar-refractivity contribution in [2.24, 2.45) is 5.92 Å². The van der Waals surface area contributed by atoms with Crippen LogP contribution in [-0.2, 0) is 0 Å². The highest BCUT2D eigenvalue weighted by Gasteiger charge is 2.05. The SMILES string of the molecule is CC(C)C(C)NCCCC[C@H](O)CO. The highest BCUT2D eigenvalue weighted by atomic mass is 16.3. The van der Waals surface area contributed by atoms with Crippen molar-refractivity contribution in [1.29, 1.82) is 0 Å². The second-order valence-electron chi connectivity index (χ2n) is 4.32. The Morgan fingerprint density at radius 1 is 1.14 bits per heavy atom. The summed E-state index contributed by atoms with van der Waals surface area (Å²) in [5.74, 6) is 0.665. The monoisotopic (exact) mass is 203 g/mol. The maximum absolute atomic E-state index is 9.08. The molecule has 0 aromatic heterocycles. The molecule has 0 saturated carbocycles. The summed E-state index contributed by atoms with van der Waals surface area (Å²) in [7, 11) is 0. The molecule has 86 valence electrons. The molecule has 14 heavy (non-hydrogen) atoms. The molecule has 1 unspecified atom stereocenters. The molecule has 0 aliphatic rings. The van der Waals surface area contributed by atoms with Gasteiger partial charge in [-0.2, -0.15) is 0 Å². The van der Waals surface area contributed by atoms with E-state index in [1.807, 2.05) is 0 Å². The first-order valence-corrected chi connectivity index (χ1v) is 5.60. The average molecular weight is 203 g/mol. The van der Waals surface area contributed by atoms with Gasteiger partial charge in [0.15, 0.2) is 0 Å². The van der Waals surface area contributed by atoms with Crippen LogP contribution in [0.3, 0.4) is 0 Å². The Balaban J connectivity index is 3.21. The Morgan fingerprint density at radius 2 is 1.79 bits per heavy atom. The molecule has 3 heteroatoms. The fourth-order valence-corrected chi connectivity index (χ4v) is 1.16. The van der Waals surface area contributed by atoms with Crippen molar-refractivity contribution >= 4 is 0 Å². The van der Waals surface area contributed by atoms with Gasteiger partial charge in [-0.3, -0.25) is 0 Å². The van der Waals surface area contributed by atoms with Crippen LogP contribution in [0.15, 0.2) is 0 Å². The predicted molar refractivity (Wildman–Crippen MR) is 59.2 cm³/mol. The molecule has 0 fully saturated rings. The molecule has 3 N–H and O–H groups in total. The maximum atomic E-state index is 9.08. The quantitative estimate of drug-likeness (QED) is 0.519. The Morgan fingerprint density at radius 3 is 2.29 bits per heavy atom. The molecule has 0 radical (unpaired) electrons. The number of nitrogens with one attached hydrogen (secondary N) is 1. The van der Waals surface area contributed by atoms with E-state index < -0.39 is 6.10 Å². The van der Waals surface area contributed by atoms with Crippen molar-refractivity contribution < 1.29 is 10.2 Å². The van der Waals surface area contributed by atoms with Gasteiger partial charge in [0.2, 0.25) is 0 Å². The van der Waals surface area contributed by atoms with Gasteiger partial charge in [-0.25, -0.2) is 0 Å². The molecule has 0 aliphatic carbocycles. The minimum absolute atomic E-state index is 0.115. The van der Waals surface area contributed by atoms with Gasteiger partial charge in [-0.15, -0.1) is 0 Å². The number of hydrogen-bond acceptors (Lipinski definition) is 3. The van der Waals surface area contributed by atoms with Crippen LogP contribution in [0.25, 0.3) is 0 Å². The highest BCUT2D eigenvalue weighted by Crippen LogP contribution is 2.02. The van der Waals surface area contributed by atoms with Crippen molar-refractivity contribution in [2.45, 2.75) is 52.2 Å². The summed E-state index contributed by atoms with van der Waals surface area (Å²) in [5, 5.41) is 21.1. The lowest BCUT2D eigenvalue weighted by molar-refractivity contribution is 0.0861. The molecule has 0 saturated heterocycles. The van der Waals surface area contributed by atoms with E-state index in [1.54, 1.807) is 0 Å². The van der Waals surface area contributed by atoms with Gasteiger partial charge in [0.1, 0.15) is 0 Å². The fourth-order valence-electron chi connectivity index (χ4n) is 1.16. The van der Waals surface area contributed by atoms with Crippen molar-refractivity contribution in [3.63, 3.8) is 0 Å². The van der Waals surface area contributed by atoms with Crippen LogP contribution in [0.1, 0.15) is 40.0 Å². The number of hydrogen-bond donors (Lipinski definition) is 3. The van der Waals surface area contributed by atoms with Crippen molar-refractivity contribution in [1.82, 2.24) is 5.32 Å². The van der Waals surface area contributed by atoms with E-state index in [4.69, 9.17) is 10.2 Å². The Hall–Kier alpha value is -0.120. The molecular formula is C11H25NO2. The first-order chi connectivity index (χ1) is 6.57. The van der Waals surface area contributed by atoms with E-state index >= 15 is 0 Å². The molecule has 0 rings (SSSR count). The molecule has 0 aromatic carbocycles. The summed E-state index contributed by atoms with van der Waals surface area (Å²) in [4.78, 5) is 0.